The standard InChI is InChI=1S/C12H12BrN3S/c13-11-7-10(2-1-9(11)3-4-14)17-12-8-15-5-6-16-12/h1-2,5-8H,3-4,14H2. The quantitative estimate of drug-likeness (QED) is 0.943. The van der Waals surface area contributed by atoms with Crippen LogP contribution in [0.3, 0.4) is 0 Å². The van der Waals surface area contributed by atoms with Gasteiger partial charge < -0.3 is 5.73 Å². The Bertz CT molecular complexity index is 490. The first kappa shape index (κ1) is 12.5. The van der Waals surface area contributed by atoms with Crippen LogP contribution in [0.25, 0.3) is 0 Å². The summed E-state index contributed by atoms with van der Waals surface area (Å²) in [6, 6.07) is 6.26. The minimum atomic E-state index is 0.662. The zero-order chi connectivity index (χ0) is 12.1. The largest absolute Gasteiger partial charge is 0.330 e. The van der Waals surface area contributed by atoms with Crippen LogP contribution in [0.5, 0.6) is 0 Å². The van der Waals surface area contributed by atoms with Gasteiger partial charge in [-0.15, -0.1) is 0 Å². The van der Waals surface area contributed by atoms with Gasteiger partial charge in [-0.2, -0.15) is 0 Å². The van der Waals surface area contributed by atoms with Gasteiger partial charge in [-0.3, -0.25) is 4.98 Å². The second-order valence-electron chi connectivity index (χ2n) is 3.44. The Morgan fingerprint density at radius 3 is 2.82 bits per heavy atom. The Morgan fingerprint density at radius 2 is 2.18 bits per heavy atom. The van der Waals surface area contributed by atoms with Crippen molar-refractivity contribution in [3.63, 3.8) is 0 Å². The monoisotopic (exact) mass is 309 g/mol. The van der Waals surface area contributed by atoms with Gasteiger partial charge in [-0.25, -0.2) is 4.98 Å². The molecule has 0 spiro atoms. The number of aromatic nitrogens is 2. The van der Waals surface area contributed by atoms with Crippen molar-refractivity contribution >= 4 is 27.7 Å². The van der Waals surface area contributed by atoms with E-state index in [1.807, 2.05) is 0 Å². The number of hydrogen-bond donors (Lipinski definition) is 1. The number of nitrogens with two attached hydrogens (primary N) is 1. The lowest BCUT2D eigenvalue weighted by atomic mass is 10.1. The van der Waals surface area contributed by atoms with Crippen molar-refractivity contribution in [2.24, 2.45) is 5.73 Å². The smallest absolute Gasteiger partial charge is 0.119 e. The van der Waals surface area contributed by atoms with Crippen molar-refractivity contribution in [1.29, 1.82) is 0 Å². The Hall–Kier alpha value is -0.910. The van der Waals surface area contributed by atoms with Crippen LogP contribution in [0.2, 0.25) is 0 Å². The molecule has 2 rings (SSSR count). The van der Waals surface area contributed by atoms with Crippen LogP contribution in [0.1, 0.15) is 5.56 Å². The van der Waals surface area contributed by atoms with Crippen LogP contribution >= 0.6 is 27.7 Å². The first-order chi connectivity index (χ1) is 8.29. The predicted octanol–water partition coefficient (Wildman–Crippen LogP) is 2.89. The summed E-state index contributed by atoms with van der Waals surface area (Å²) in [5.41, 5.74) is 6.78. The summed E-state index contributed by atoms with van der Waals surface area (Å²) in [5, 5.41) is 0.894. The average Bonchev–Trinajstić information content (AvgIpc) is 2.34. The fraction of sp³-hybridized carbons (Fsp3) is 0.167. The second-order valence-corrected chi connectivity index (χ2v) is 5.39. The lowest BCUT2D eigenvalue weighted by Crippen LogP contribution is -2.03. The van der Waals surface area contributed by atoms with Gasteiger partial charge in [0, 0.05) is 21.8 Å². The summed E-state index contributed by atoms with van der Waals surface area (Å²) >= 11 is 5.15. The van der Waals surface area contributed by atoms with E-state index in [0.717, 1.165) is 20.8 Å². The number of rotatable bonds is 4. The molecule has 0 bridgehead atoms. The Labute approximate surface area is 113 Å². The minimum absolute atomic E-state index is 0.662. The van der Waals surface area contributed by atoms with Gasteiger partial charge in [0.15, 0.2) is 0 Å². The van der Waals surface area contributed by atoms with E-state index in [1.54, 1.807) is 30.4 Å². The van der Waals surface area contributed by atoms with E-state index in [2.05, 4.69) is 44.1 Å². The fourth-order valence-electron chi connectivity index (χ4n) is 1.41. The molecule has 88 valence electrons. The zero-order valence-corrected chi connectivity index (χ0v) is 11.5. The second kappa shape index (κ2) is 6.14. The fourth-order valence-corrected chi connectivity index (χ4v) is 2.92. The van der Waals surface area contributed by atoms with Gasteiger partial charge in [-0.1, -0.05) is 33.8 Å². The molecule has 0 fully saturated rings. The molecule has 17 heavy (non-hydrogen) atoms. The summed E-state index contributed by atoms with van der Waals surface area (Å²) in [4.78, 5) is 9.40. The number of halogens is 1. The summed E-state index contributed by atoms with van der Waals surface area (Å²) in [6.07, 6.45) is 6.01. The predicted molar refractivity (Wildman–Crippen MR) is 73.1 cm³/mol. The normalized spacial score (nSPS) is 10.5. The van der Waals surface area contributed by atoms with E-state index in [0.29, 0.717) is 6.54 Å². The molecule has 1 aromatic carbocycles. The number of benzene rings is 1. The lowest BCUT2D eigenvalue weighted by molar-refractivity contribution is 0.960. The van der Waals surface area contributed by atoms with Gasteiger partial charge >= 0.3 is 0 Å². The van der Waals surface area contributed by atoms with Crippen LogP contribution in [-0.4, -0.2) is 16.5 Å². The van der Waals surface area contributed by atoms with Crippen LogP contribution in [0, 0.1) is 0 Å². The van der Waals surface area contributed by atoms with Gasteiger partial charge in [0.2, 0.25) is 0 Å². The molecule has 3 nitrogen and oxygen atoms in total. The molecule has 0 amide bonds. The van der Waals surface area contributed by atoms with Crippen molar-refractivity contribution in [2.75, 3.05) is 6.54 Å². The molecular formula is C12H12BrN3S. The molecular weight excluding hydrogens is 298 g/mol. The van der Waals surface area contributed by atoms with E-state index < -0.39 is 0 Å². The van der Waals surface area contributed by atoms with Crippen LogP contribution in [0.15, 0.2) is 51.2 Å². The Morgan fingerprint density at radius 1 is 1.29 bits per heavy atom. The van der Waals surface area contributed by atoms with E-state index >= 15 is 0 Å². The summed E-state index contributed by atoms with van der Waals surface area (Å²) in [5.74, 6) is 0. The topological polar surface area (TPSA) is 51.8 Å². The maximum Gasteiger partial charge on any atom is 0.119 e. The molecule has 0 saturated heterocycles. The van der Waals surface area contributed by atoms with Crippen molar-refractivity contribution in [2.45, 2.75) is 16.3 Å². The molecule has 0 aliphatic carbocycles. The van der Waals surface area contributed by atoms with Gasteiger partial charge in [0.1, 0.15) is 5.03 Å². The molecule has 5 heteroatoms. The van der Waals surface area contributed by atoms with Gasteiger partial charge in [0.05, 0.1) is 6.20 Å². The van der Waals surface area contributed by atoms with E-state index in [-0.39, 0.29) is 0 Å². The highest BCUT2D eigenvalue weighted by molar-refractivity contribution is 9.10. The van der Waals surface area contributed by atoms with Crippen molar-refractivity contribution in [1.82, 2.24) is 9.97 Å². The molecule has 1 heterocycles. The summed E-state index contributed by atoms with van der Waals surface area (Å²) in [7, 11) is 0. The third-order valence-electron chi connectivity index (χ3n) is 2.20. The maximum atomic E-state index is 5.55. The van der Waals surface area contributed by atoms with Crippen molar-refractivity contribution < 1.29 is 0 Å². The van der Waals surface area contributed by atoms with Gasteiger partial charge in [-0.05, 0) is 30.7 Å². The Kier molecular flexibility index (Phi) is 4.53. The molecule has 0 atom stereocenters. The number of nitrogens with zero attached hydrogens (tertiary/aromatic N) is 2. The zero-order valence-electron chi connectivity index (χ0n) is 9.14. The van der Waals surface area contributed by atoms with E-state index in [9.17, 15) is 0 Å². The van der Waals surface area contributed by atoms with Crippen molar-refractivity contribution in [3.8, 4) is 0 Å². The lowest BCUT2D eigenvalue weighted by Gasteiger charge is -2.05. The van der Waals surface area contributed by atoms with Crippen LogP contribution in [0.4, 0.5) is 0 Å². The van der Waals surface area contributed by atoms with Crippen molar-refractivity contribution in [3.05, 3.63) is 46.8 Å². The van der Waals surface area contributed by atoms with Crippen LogP contribution in [-0.2, 0) is 6.42 Å². The molecule has 2 N–H and O–H groups in total. The molecule has 2 aromatic rings. The molecule has 0 radical (unpaired) electrons. The highest BCUT2D eigenvalue weighted by atomic mass is 79.9. The summed E-state index contributed by atoms with van der Waals surface area (Å²) in [6.45, 7) is 0.662. The Balaban J connectivity index is 2.15. The molecule has 0 aliphatic heterocycles. The molecule has 0 aliphatic rings. The summed E-state index contributed by atoms with van der Waals surface area (Å²) < 4.78 is 1.09. The maximum absolute atomic E-state index is 5.55. The first-order valence-electron chi connectivity index (χ1n) is 5.22. The molecule has 1 aromatic heterocycles. The van der Waals surface area contributed by atoms with Gasteiger partial charge in [0.25, 0.3) is 0 Å². The third-order valence-corrected chi connectivity index (χ3v) is 3.85. The third kappa shape index (κ3) is 3.52. The first-order valence-corrected chi connectivity index (χ1v) is 6.83. The molecule has 0 saturated carbocycles. The highest BCUT2D eigenvalue weighted by Gasteiger charge is 2.03. The molecule has 0 unspecified atom stereocenters. The van der Waals surface area contributed by atoms with E-state index in [1.165, 1.54) is 5.56 Å². The minimum Gasteiger partial charge on any atom is -0.330 e. The highest BCUT2D eigenvalue weighted by Crippen LogP contribution is 2.29. The average molecular weight is 310 g/mol. The van der Waals surface area contributed by atoms with E-state index in [4.69, 9.17) is 5.73 Å². The van der Waals surface area contributed by atoms with Crippen LogP contribution < -0.4 is 5.73 Å². The SMILES string of the molecule is NCCc1ccc(Sc2cnccn2)cc1Br. The number of hydrogen-bond acceptors (Lipinski definition) is 4.